The molecular weight excluding hydrogens is 158 g/mol. The van der Waals surface area contributed by atoms with Gasteiger partial charge in [0.25, 0.3) is 0 Å². The quantitative estimate of drug-likeness (QED) is 0.546. The third-order valence-electron chi connectivity index (χ3n) is 2.82. The Bertz CT molecular complexity index is 195. The Morgan fingerprint density at radius 1 is 1.75 bits per heavy atom. The summed E-state index contributed by atoms with van der Waals surface area (Å²) in [7, 11) is 0. The number of carboxylic acid groups (broad SMARTS) is 1. The maximum Gasteiger partial charge on any atom is 0.324 e. The average Bonchev–Trinajstić information content (AvgIpc) is 2.29. The summed E-state index contributed by atoms with van der Waals surface area (Å²) in [5.41, 5.74) is 4.49. The zero-order chi connectivity index (χ0) is 9.35. The maximum absolute atomic E-state index is 10.8. The average molecular weight is 173 g/mol. The predicted octanol–water partition coefficient (Wildman–Crippen LogP) is -0.0506. The van der Waals surface area contributed by atoms with Gasteiger partial charge in [0.2, 0.25) is 0 Å². The van der Waals surface area contributed by atoms with E-state index in [1.54, 1.807) is 0 Å². The highest BCUT2D eigenvalue weighted by Gasteiger charge is 2.49. The van der Waals surface area contributed by atoms with Crippen LogP contribution < -0.4 is 5.73 Å². The smallest absolute Gasteiger partial charge is 0.324 e. The van der Waals surface area contributed by atoms with E-state index in [-0.39, 0.29) is 5.92 Å². The second kappa shape index (κ2) is 3.03. The van der Waals surface area contributed by atoms with E-state index in [9.17, 15) is 9.90 Å². The van der Waals surface area contributed by atoms with Crippen molar-refractivity contribution < 1.29 is 15.0 Å². The Kier molecular flexibility index (Phi) is 2.39. The Morgan fingerprint density at radius 2 is 2.33 bits per heavy atom. The van der Waals surface area contributed by atoms with Gasteiger partial charge in [0, 0.05) is 5.92 Å². The van der Waals surface area contributed by atoms with Crippen molar-refractivity contribution in [3.05, 3.63) is 0 Å². The summed E-state index contributed by atoms with van der Waals surface area (Å²) >= 11 is 0. The molecule has 0 aromatic rings. The zero-order valence-electron chi connectivity index (χ0n) is 7.16. The number of rotatable bonds is 2. The number of carbonyl (C=O) groups is 1. The van der Waals surface area contributed by atoms with Crippen molar-refractivity contribution in [1.82, 2.24) is 0 Å². The first-order valence-corrected chi connectivity index (χ1v) is 4.22. The van der Waals surface area contributed by atoms with Crippen LogP contribution in [0.3, 0.4) is 0 Å². The minimum absolute atomic E-state index is 0.296. The van der Waals surface area contributed by atoms with Gasteiger partial charge in [-0.25, -0.2) is 0 Å². The van der Waals surface area contributed by atoms with E-state index in [0.717, 1.165) is 0 Å². The molecule has 1 aliphatic rings. The molecule has 3 atom stereocenters. The number of aliphatic hydroxyl groups is 1. The lowest BCUT2D eigenvalue weighted by molar-refractivity contribution is -0.145. The first-order valence-electron chi connectivity index (χ1n) is 4.22. The van der Waals surface area contributed by atoms with Crippen molar-refractivity contribution in [1.29, 1.82) is 0 Å². The molecule has 4 heteroatoms. The molecule has 12 heavy (non-hydrogen) atoms. The van der Waals surface area contributed by atoms with Crippen LogP contribution in [0.2, 0.25) is 0 Å². The fraction of sp³-hybridized carbons (Fsp3) is 0.875. The summed E-state index contributed by atoms with van der Waals surface area (Å²) in [6.45, 7) is 1.85. The molecule has 0 aromatic heterocycles. The molecule has 4 N–H and O–H groups in total. The van der Waals surface area contributed by atoms with Crippen LogP contribution in [0, 0.1) is 5.92 Å². The molecule has 0 bridgehead atoms. The normalized spacial score (nSPS) is 41.6. The van der Waals surface area contributed by atoms with Gasteiger partial charge in [0.05, 0.1) is 6.10 Å². The monoisotopic (exact) mass is 173 g/mol. The number of nitrogens with two attached hydrogens (primary N) is 1. The van der Waals surface area contributed by atoms with Crippen LogP contribution in [0.1, 0.15) is 26.2 Å². The Balaban J connectivity index is 2.84. The van der Waals surface area contributed by atoms with Crippen molar-refractivity contribution in [3.8, 4) is 0 Å². The topological polar surface area (TPSA) is 83.5 Å². The van der Waals surface area contributed by atoms with Crippen molar-refractivity contribution in [2.45, 2.75) is 37.8 Å². The number of carboxylic acids is 1. The fourth-order valence-corrected chi connectivity index (χ4v) is 2.02. The maximum atomic E-state index is 10.8. The van der Waals surface area contributed by atoms with Gasteiger partial charge >= 0.3 is 5.97 Å². The van der Waals surface area contributed by atoms with Crippen molar-refractivity contribution in [2.75, 3.05) is 0 Å². The molecule has 0 radical (unpaired) electrons. The van der Waals surface area contributed by atoms with Gasteiger partial charge in [-0.3, -0.25) is 4.79 Å². The summed E-state index contributed by atoms with van der Waals surface area (Å²) < 4.78 is 0. The van der Waals surface area contributed by atoms with Crippen LogP contribution in [0.4, 0.5) is 0 Å². The highest BCUT2D eigenvalue weighted by molar-refractivity contribution is 5.79. The second-order valence-corrected chi connectivity index (χ2v) is 3.47. The van der Waals surface area contributed by atoms with Crippen LogP contribution in [0.5, 0.6) is 0 Å². The number of aliphatic carboxylic acids is 1. The lowest BCUT2D eigenvalue weighted by Crippen LogP contribution is -2.52. The molecule has 1 fully saturated rings. The van der Waals surface area contributed by atoms with Crippen LogP contribution in [-0.4, -0.2) is 27.8 Å². The largest absolute Gasteiger partial charge is 0.480 e. The number of hydrogen-bond acceptors (Lipinski definition) is 3. The van der Waals surface area contributed by atoms with Gasteiger partial charge in [-0.15, -0.1) is 0 Å². The van der Waals surface area contributed by atoms with Crippen molar-refractivity contribution in [2.24, 2.45) is 11.7 Å². The van der Waals surface area contributed by atoms with Crippen molar-refractivity contribution in [3.63, 3.8) is 0 Å². The molecule has 0 saturated heterocycles. The molecule has 1 aliphatic carbocycles. The van der Waals surface area contributed by atoms with Crippen LogP contribution in [0.25, 0.3) is 0 Å². The molecule has 0 aromatic carbocycles. The lowest BCUT2D eigenvalue weighted by atomic mass is 9.85. The highest BCUT2D eigenvalue weighted by Crippen LogP contribution is 2.36. The van der Waals surface area contributed by atoms with Gasteiger partial charge in [0.15, 0.2) is 0 Å². The molecule has 3 unspecified atom stereocenters. The highest BCUT2D eigenvalue weighted by atomic mass is 16.4. The SMILES string of the molecule is CCC1C(O)CCC1(N)C(=O)O. The minimum Gasteiger partial charge on any atom is -0.480 e. The molecule has 70 valence electrons. The fourth-order valence-electron chi connectivity index (χ4n) is 2.02. The Labute approximate surface area is 71.4 Å². The lowest BCUT2D eigenvalue weighted by Gasteiger charge is -2.27. The van der Waals surface area contributed by atoms with Gasteiger partial charge in [-0.1, -0.05) is 6.92 Å². The van der Waals surface area contributed by atoms with Gasteiger partial charge in [-0.2, -0.15) is 0 Å². The molecular formula is C8H15NO3. The second-order valence-electron chi connectivity index (χ2n) is 3.47. The van der Waals surface area contributed by atoms with E-state index in [0.29, 0.717) is 19.3 Å². The first kappa shape index (κ1) is 9.48. The summed E-state index contributed by atoms with van der Waals surface area (Å²) in [5, 5.41) is 18.3. The summed E-state index contributed by atoms with van der Waals surface area (Å²) in [4.78, 5) is 10.8. The summed E-state index contributed by atoms with van der Waals surface area (Å²) in [6, 6.07) is 0. The molecule has 0 heterocycles. The standard InChI is InChI=1S/C8H15NO3/c1-2-5-6(10)3-4-8(5,9)7(11)12/h5-6,10H,2-4,9H2,1H3,(H,11,12). The number of hydrogen-bond donors (Lipinski definition) is 3. The molecule has 4 nitrogen and oxygen atoms in total. The van der Waals surface area contributed by atoms with Crippen LogP contribution in [-0.2, 0) is 4.79 Å². The molecule has 0 aliphatic heterocycles. The molecule has 0 amide bonds. The summed E-state index contributed by atoms with van der Waals surface area (Å²) in [6.07, 6.45) is 0.948. The van der Waals surface area contributed by atoms with Crippen molar-refractivity contribution >= 4 is 5.97 Å². The van der Waals surface area contributed by atoms with E-state index >= 15 is 0 Å². The Hall–Kier alpha value is -0.610. The minimum atomic E-state index is -1.20. The number of aliphatic hydroxyl groups excluding tert-OH is 1. The Morgan fingerprint density at radius 3 is 2.67 bits per heavy atom. The predicted molar refractivity (Wildman–Crippen MR) is 43.6 cm³/mol. The molecule has 0 spiro atoms. The van der Waals surface area contributed by atoms with E-state index < -0.39 is 17.6 Å². The van der Waals surface area contributed by atoms with E-state index in [1.165, 1.54) is 0 Å². The molecule has 1 saturated carbocycles. The summed E-state index contributed by atoms with van der Waals surface area (Å²) in [5.74, 6) is -1.29. The zero-order valence-corrected chi connectivity index (χ0v) is 7.16. The first-order chi connectivity index (χ1) is 5.52. The van der Waals surface area contributed by atoms with E-state index in [4.69, 9.17) is 10.8 Å². The van der Waals surface area contributed by atoms with Gasteiger partial charge in [-0.05, 0) is 19.3 Å². The third-order valence-corrected chi connectivity index (χ3v) is 2.82. The molecule has 1 rings (SSSR count). The van der Waals surface area contributed by atoms with Crippen LogP contribution >= 0.6 is 0 Å². The third kappa shape index (κ3) is 1.21. The van der Waals surface area contributed by atoms with Crippen LogP contribution in [0.15, 0.2) is 0 Å². The van der Waals surface area contributed by atoms with Gasteiger partial charge in [0.1, 0.15) is 5.54 Å². The van der Waals surface area contributed by atoms with E-state index in [1.807, 2.05) is 6.92 Å². The van der Waals surface area contributed by atoms with E-state index in [2.05, 4.69) is 0 Å². The van der Waals surface area contributed by atoms with Gasteiger partial charge < -0.3 is 15.9 Å².